The average molecular weight is 479 g/mol. The molecule has 9 heteroatoms. The average Bonchev–Trinajstić information content (AvgIpc) is 3.58. The van der Waals surface area contributed by atoms with Crippen LogP contribution in [-0.2, 0) is 11.8 Å². The Balaban J connectivity index is 1.34. The lowest BCUT2D eigenvalue weighted by Gasteiger charge is -2.41. The Morgan fingerprint density at radius 2 is 1.83 bits per heavy atom. The number of hydrogen-bond acceptors (Lipinski definition) is 6. The van der Waals surface area contributed by atoms with Gasteiger partial charge in [-0.1, -0.05) is 6.58 Å². The molecule has 1 amide bonds. The molecule has 4 aromatic heterocycles. The number of anilines is 1. The molecule has 0 radical (unpaired) electrons. The fraction of sp³-hybridized carbons (Fsp3) is 0.296. The molecule has 0 aromatic carbocycles. The second kappa shape index (κ2) is 8.34. The number of pyridine rings is 2. The van der Waals surface area contributed by atoms with Crippen LogP contribution in [0.15, 0.2) is 61.3 Å². The van der Waals surface area contributed by atoms with E-state index in [1.807, 2.05) is 48.9 Å². The van der Waals surface area contributed by atoms with Crippen LogP contribution in [-0.4, -0.2) is 60.4 Å². The van der Waals surface area contributed by atoms with E-state index in [0.717, 1.165) is 59.5 Å². The van der Waals surface area contributed by atoms with Gasteiger partial charge in [0.15, 0.2) is 0 Å². The lowest BCUT2D eigenvalue weighted by molar-refractivity contribution is -0.130. The van der Waals surface area contributed by atoms with E-state index >= 15 is 0 Å². The number of nitrogens with zero attached hydrogens (tertiary/aromatic N) is 8. The summed E-state index contributed by atoms with van der Waals surface area (Å²) in [6.45, 7) is 7.17. The Morgan fingerprint density at radius 3 is 2.44 bits per heavy atom. The van der Waals surface area contributed by atoms with Crippen LogP contribution < -0.4 is 4.90 Å². The minimum Gasteiger partial charge on any atom is -0.352 e. The molecule has 0 aliphatic carbocycles. The van der Waals surface area contributed by atoms with Crippen molar-refractivity contribution < 1.29 is 4.79 Å². The maximum absolute atomic E-state index is 12.6. The van der Waals surface area contributed by atoms with Crippen LogP contribution in [0.1, 0.15) is 25.3 Å². The molecular weight excluding hydrogens is 452 g/mol. The summed E-state index contributed by atoms with van der Waals surface area (Å²) >= 11 is 0. The van der Waals surface area contributed by atoms with Gasteiger partial charge in [0.2, 0.25) is 5.91 Å². The zero-order chi connectivity index (χ0) is 25.0. The third-order valence-corrected chi connectivity index (χ3v) is 7.24. The number of fused-ring (bicyclic) bond motifs is 3. The summed E-state index contributed by atoms with van der Waals surface area (Å²) in [6.07, 6.45) is 11.2. The van der Waals surface area contributed by atoms with Crippen molar-refractivity contribution in [2.45, 2.75) is 31.8 Å². The van der Waals surface area contributed by atoms with Crippen LogP contribution in [0.2, 0.25) is 0 Å². The SMILES string of the molecule is C=C(C)C(=O)N1C2CCC1CN(c1ccc(-c3cc(-c4cnn(C)c4)cn4ncc(C#N)c34)cn1)C2. The Hall–Kier alpha value is -4.45. The quantitative estimate of drug-likeness (QED) is 0.417. The van der Waals surface area contributed by atoms with E-state index in [4.69, 9.17) is 4.98 Å². The molecule has 180 valence electrons. The lowest BCUT2D eigenvalue weighted by atomic mass is 10.0. The van der Waals surface area contributed by atoms with E-state index in [2.05, 4.69) is 33.8 Å². The van der Waals surface area contributed by atoms with E-state index in [0.29, 0.717) is 11.1 Å². The third kappa shape index (κ3) is 3.53. The zero-order valence-corrected chi connectivity index (χ0v) is 20.3. The minimum atomic E-state index is 0.0667. The predicted molar refractivity (Wildman–Crippen MR) is 136 cm³/mol. The van der Waals surface area contributed by atoms with E-state index in [-0.39, 0.29) is 18.0 Å². The Morgan fingerprint density at radius 1 is 1.06 bits per heavy atom. The van der Waals surface area contributed by atoms with Crippen molar-refractivity contribution in [2.24, 2.45) is 7.05 Å². The van der Waals surface area contributed by atoms with Crippen LogP contribution in [0.5, 0.6) is 0 Å². The van der Waals surface area contributed by atoms with E-state index in [9.17, 15) is 10.1 Å². The highest BCUT2D eigenvalue weighted by Crippen LogP contribution is 2.35. The van der Waals surface area contributed by atoms with Crippen LogP contribution in [0, 0.1) is 11.3 Å². The molecule has 4 aromatic rings. The van der Waals surface area contributed by atoms with Crippen molar-refractivity contribution in [3.05, 3.63) is 66.9 Å². The number of rotatable bonds is 4. The van der Waals surface area contributed by atoms with Gasteiger partial charge in [-0.15, -0.1) is 0 Å². The summed E-state index contributed by atoms with van der Waals surface area (Å²) in [5.41, 5.74) is 5.59. The van der Waals surface area contributed by atoms with Gasteiger partial charge in [0.05, 0.1) is 35.6 Å². The Kier molecular flexibility index (Phi) is 5.11. The molecule has 2 aliphatic rings. The number of carbonyl (C=O) groups excluding carboxylic acids is 1. The van der Waals surface area contributed by atoms with Gasteiger partial charge in [0, 0.05) is 66.6 Å². The molecule has 2 fully saturated rings. The van der Waals surface area contributed by atoms with Crippen molar-refractivity contribution in [3.63, 3.8) is 0 Å². The van der Waals surface area contributed by atoms with Gasteiger partial charge in [-0.2, -0.15) is 15.5 Å². The third-order valence-electron chi connectivity index (χ3n) is 7.24. The van der Waals surface area contributed by atoms with Crippen LogP contribution in [0.25, 0.3) is 27.8 Å². The number of aromatic nitrogens is 5. The topological polar surface area (TPSA) is 95.4 Å². The molecule has 9 nitrogen and oxygen atoms in total. The summed E-state index contributed by atoms with van der Waals surface area (Å²) in [5.74, 6) is 0.962. The van der Waals surface area contributed by atoms with Gasteiger partial charge in [-0.3, -0.25) is 9.48 Å². The van der Waals surface area contributed by atoms with Gasteiger partial charge >= 0.3 is 0 Å². The van der Waals surface area contributed by atoms with Crippen molar-refractivity contribution in [1.82, 2.24) is 29.3 Å². The normalized spacial score (nSPS) is 19.0. The van der Waals surface area contributed by atoms with Gasteiger partial charge < -0.3 is 9.80 Å². The zero-order valence-electron chi connectivity index (χ0n) is 20.3. The van der Waals surface area contributed by atoms with Crippen molar-refractivity contribution in [2.75, 3.05) is 18.0 Å². The second-order valence-corrected chi connectivity index (χ2v) is 9.70. The molecule has 6 heterocycles. The van der Waals surface area contributed by atoms with Crippen molar-refractivity contribution in [1.29, 1.82) is 5.26 Å². The molecule has 0 saturated carbocycles. The first-order valence-corrected chi connectivity index (χ1v) is 12.0. The number of piperazine rings is 1. The first-order chi connectivity index (χ1) is 17.4. The fourth-order valence-electron chi connectivity index (χ4n) is 5.53. The number of aryl methyl sites for hydroxylation is 1. The highest BCUT2D eigenvalue weighted by atomic mass is 16.2. The largest absolute Gasteiger partial charge is 0.352 e. The number of amides is 1. The maximum atomic E-state index is 12.6. The lowest BCUT2D eigenvalue weighted by Crippen LogP contribution is -2.56. The predicted octanol–water partition coefficient (Wildman–Crippen LogP) is 3.42. The Labute approximate surface area is 208 Å². The van der Waals surface area contributed by atoms with E-state index in [1.165, 1.54) is 0 Å². The second-order valence-electron chi connectivity index (χ2n) is 9.70. The number of nitriles is 1. The van der Waals surface area contributed by atoms with E-state index < -0.39 is 0 Å². The van der Waals surface area contributed by atoms with Crippen LogP contribution >= 0.6 is 0 Å². The first kappa shape index (κ1) is 22.0. The summed E-state index contributed by atoms with van der Waals surface area (Å²) in [7, 11) is 1.88. The van der Waals surface area contributed by atoms with E-state index in [1.54, 1.807) is 22.3 Å². The summed E-state index contributed by atoms with van der Waals surface area (Å²) in [6, 6.07) is 8.78. The molecule has 2 unspecified atom stereocenters. The molecule has 0 spiro atoms. The molecule has 6 rings (SSSR count). The fourth-order valence-corrected chi connectivity index (χ4v) is 5.53. The van der Waals surface area contributed by atoms with Gasteiger partial charge in [0.1, 0.15) is 11.9 Å². The van der Waals surface area contributed by atoms with Crippen molar-refractivity contribution >= 4 is 17.2 Å². The smallest absolute Gasteiger partial charge is 0.249 e. The summed E-state index contributed by atoms with van der Waals surface area (Å²) < 4.78 is 3.51. The van der Waals surface area contributed by atoms with Crippen LogP contribution in [0.4, 0.5) is 5.82 Å². The highest BCUT2D eigenvalue weighted by Gasteiger charge is 2.42. The standard InChI is InChI=1S/C27H26N8O/c1-17(2)27(36)35-22-5-6-23(35)16-33(15-22)25-7-4-18(10-29-25)24-8-19(21-12-30-32(3)13-21)14-34-26(24)20(9-28)11-31-34/h4,7-8,10-14,22-23H,1,5-6,15-16H2,2-3H3. The molecule has 36 heavy (non-hydrogen) atoms. The summed E-state index contributed by atoms with van der Waals surface area (Å²) in [5, 5.41) is 18.4. The Bertz CT molecular complexity index is 1530. The molecule has 2 bridgehead atoms. The van der Waals surface area contributed by atoms with Gasteiger partial charge in [-0.25, -0.2) is 9.50 Å². The molecule has 2 saturated heterocycles. The molecule has 2 aliphatic heterocycles. The minimum absolute atomic E-state index is 0.0667. The number of hydrogen-bond donors (Lipinski definition) is 0. The number of carbonyl (C=O) groups is 1. The van der Waals surface area contributed by atoms with Crippen LogP contribution in [0.3, 0.4) is 0 Å². The summed E-state index contributed by atoms with van der Waals surface area (Å²) in [4.78, 5) is 21.7. The first-order valence-electron chi connectivity index (χ1n) is 12.0. The van der Waals surface area contributed by atoms with Gasteiger partial charge in [-0.05, 0) is 38.0 Å². The molecule has 0 N–H and O–H groups in total. The van der Waals surface area contributed by atoms with Gasteiger partial charge in [0.25, 0.3) is 0 Å². The molecular formula is C27H26N8O. The monoisotopic (exact) mass is 478 g/mol. The molecule has 2 atom stereocenters. The maximum Gasteiger partial charge on any atom is 0.249 e. The highest BCUT2D eigenvalue weighted by molar-refractivity contribution is 5.93. The van der Waals surface area contributed by atoms with Crippen molar-refractivity contribution in [3.8, 4) is 28.3 Å².